The average molecular weight is 870 g/mol. The maximum absolute atomic E-state index is 14.3. The number of aryl methyl sites for hydroxylation is 1. The molecule has 9 aromatic carbocycles. The quantitative estimate of drug-likeness (QED) is 0.154. The van der Waals surface area contributed by atoms with Gasteiger partial charge in [-0.2, -0.15) is 18.4 Å². The summed E-state index contributed by atoms with van der Waals surface area (Å²) < 4.78 is 47.4. The van der Waals surface area contributed by atoms with Crippen molar-refractivity contribution in [3.05, 3.63) is 228 Å². The van der Waals surface area contributed by atoms with Gasteiger partial charge in [0.05, 0.1) is 63.8 Å². The van der Waals surface area contributed by atoms with E-state index >= 15 is 0 Å². The standard InChI is InChI=1S/C59H34F3N5/c1-36-26-43(29-44(27-36)59(60,61)62)42-19-23-50(58(34-42)67-54-17-7-5-15-48(54)52-33-41(21-25-56(52)67)39-11-9-13-46(31-39)65-3)49-22-18-37(35-63)28-57(49)66-53-16-6-4-14-47(53)51-32-40(20-24-55(51)66)38-10-8-12-45(30-38)64-2/h4-34H,1H3. The zero-order valence-corrected chi connectivity index (χ0v) is 35.8. The fourth-order valence-electron chi connectivity index (χ4n) is 9.59. The Kier molecular flexibility index (Phi) is 9.59. The third-order valence-electron chi connectivity index (χ3n) is 12.6. The molecule has 0 fully saturated rings. The number of rotatable bonds is 6. The molecule has 2 heterocycles. The van der Waals surface area contributed by atoms with Crippen LogP contribution in [-0.2, 0) is 6.18 Å². The van der Waals surface area contributed by atoms with Gasteiger partial charge in [-0.3, -0.25) is 0 Å². The third kappa shape index (κ3) is 6.95. The Balaban J connectivity index is 1.21. The summed E-state index contributed by atoms with van der Waals surface area (Å²) >= 11 is 0. The van der Waals surface area contributed by atoms with E-state index in [2.05, 4.69) is 79.5 Å². The van der Waals surface area contributed by atoms with Crippen molar-refractivity contribution in [2.24, 2.45) is 0 Å². The Morgan fingerprint density at radius 3 is 1.46 bits per heavy atom. The summed E-state index contributed by atoms with van der Waals surface area (Å²) in [6.07, 6.45) is -4.54. The Bertz CT molecular complexity index is 3980. The highest BCUT2D eigenvalue weighted by Gasteiger charge is 2.31. The summed E-state index contributed by atoms with van der Waals surface area (Å²) in [5.74, 6) is 0. The number of benzene rings is 9. The lowest BCUT2D eigenvalue weighted by Crippen LogP contribution is -2.05. The van der Waals surface area contributed by atoms with E-state index < -0.39 is 11.7 Å². The first-order valence-electron chi connectivity index (χ1n) is 21.5. The fourth-order valence-corrected chi connectivity index (χ4v) is 9.59. The molecular weight excluding hydrogens is 836 g/mol. The molecule has 0 aliphatic heterocycles. The number of aromatic nitrogens is 2. The van der Waals surface area contributed by atoms with E-state index in [1.807, 2.05) is 97.1 Å². The largest absolute Gasteiger partial charge is 0.416 e. The molecule has 0 amide bonds. The van der Waals surface area contributed by atoms with Crippen LogP contribution in [0.1, 0.15) is 16.7 Å². The van der Waals surface area contributed by atoms with Crippen molar-refractivity contribution in [1.82, 2.24) is 9.13 Å². The lowest BCUT2D eigenvalue weighted by Gasteiger charge is -2.20. The van der Waals surface area contributed by atoms with Crippen molar-refractivity contribution in [1.29, 1.82) is 5.26 Å². The number of alkyl halides is 3. The maximum Gasteiger partial charge on any atom is 0.416 e. The normalized spacial score (nSPS) is 11.5. The molecule has 0 unspecified atom stereocenters. The van der Waals surface area contributed by atoms with Crippen LogP contribution in [0.3, 0.4) is 0 Å². The van der Waals surface area contributed by atoms with Crippen LogP contribution in [0.25, 0.3) is 109 Å². The summed E-state index contributed by atoms with van der Waals surface area (Å²) in [6, 6.07) is 61.9. The van der Waals surface area contributed by atoms with Gasteiger partial charge in [-0.1, -0.05) is 109 Å². The summed E-state index contributed by atoms with van der Waals surface area (Å²) in [5, 5.41) is 14.4. The molecule has 2 aromatic heterocycles. The second-order valence-electron chi connectivity index (χ2n) is 16.7. The SMILES string of the molecule is [C-]#[N+]c1cccc(-c2ccc3c(c2)c2ccccc2n3-c2cc(C#N)ccc2-c2ccc(-c3cc(C)cc(C(F)(F)F)c3)cc2-n2c3ccccc3c3cc(-c4cccc([N+]#[C-])c4)ccc32)c1. The molecule has 11 aromatic rings. The predicted molar refractivity (Wildman–Crippen MR) is 264 cm³/mol. The van der Waals surface area contributed by atoms with Gasteiger partial charge in [0.15, 0.2) is 11.4 Å². The van der Waals surface area contributed by atoms with Crippen LogP contribution in [-0.4, -0.2) is 9.13 Å². The van der Waals surface area contributed by atoms with Gasteiger partial charge in [0.25, 0.3) is 0 Å². The molecular formula is C59H34F3N5. The van der Waals surface area contributed by atoms with Crippen molar-refractivity contribution < 1.29 is 13.2 Å². The summed E-state index contributed by atoms with van der Waals surface area (Å²) in [6.45, 7) is 16.9. The highest BCUT2D eigenvalue weighted by molar-refractivity contribution is 6.13. The van der Waals surface area contributed by atoms with Crippen LogP contribution >= 0.6 is 0 Å². The van der Waals surface area contributed by atoms with Gasteiger partial charge >= 0.3 is 6.18 Å². The van der Waals surface area contributed by atoms with Crippen LogP contribution in [0.5, 0.6) is 0 Å². The van der Waals surface area contributed by atoms with Gasteiger partial charge in [-0.15, -0.1) is 0 Å². The minimum absolute atomic E-state index is 0.433. The molecule has 0 N–H and O–H groups in total. The van der Waals surface area contributed by atoms with E-state index in [4.69, 9.17) is 13.1 Å². The average Bonchev–Trinajstić information content (AvgIpc) is 3.87. The molecule has 0 spiro atoms. The highest BCUT2D eigenvalue weighted by Crippen LogP contribution is 2.44. The Morgan fingerprint density at radius 1 is 0.448 bits per heavy atom. The number of para-hydroxylation sites is 2. The number of halogens is 3. The molecule has 0 bridgehead atoms. The first kappa shape index (κ1) is 40.6. The molecule has 5 nitrogen and oxygen atoms in total. The van der Waals surface area contributed by atoms with Crippen LogP contribution in [0.2, 0.25) is 0 Å². The predicted octanol–water partition coefficient (Wildman–Crippen LogP) is 16.8. The molecule has 11 rings (SSSR count). The Hall–Kier alpha value is -9.16. The number of hydrogen-bond donors (Lipinski definition) is 0. The van der Waals surface area contributed by atoms with Gasteiger partial charge in [0.2, 0.25) is 0 Å². The number of fused-ring (bicyclic) bond motifs is 6. The molecule has 67 heavy (non-hydrogen) atoms. The second kappa shape index (κ2) is 15.8. The van der Waals surface area contributed by atoms with Crippen LogP contribution < -0.4 is 0 Å². The van der Waals surface area contributed by atoms with Crippen molar-refractivity contribution >= 4 is 55.0 Å². The second-order valence-corrected chi connectivity index (χ2v) is 16.7. The van der Waals surface area contributed by atoms with Gasteiger partial charge in [0, 0.05) is 32.7 Å². The minimum Gasteiger partial charge on any atom is -0.309 e. The van der Waals surface area contributed by atoms with E-state index in [1.54, 1.807) is 31.2 Å². The Morgan fingerprint density at radius 2 is 0.925 bits per heavy atom. The zero-order chi connectivity index (χ0) is 46.0. The lowest BCUT2D eigenvalue weighted by molar-refractivity contribution is -0.137. The van der Waals surface area contributed by atoms with E-state index in [0.717, 1.165) is 88.4 Å². The molecule has 0 aliphatic rings. The van der Waals surface area contributed by atoms with Crippen molar-refractivity contribution in [2.75, 3.05) is 0 Å². The van der Waals surface area contributed by atoms with Crippen LogP contribution in [0, 0.1) is 31.4 Å². The van der Waals surface area contributed by atoms with E-state index in [-0.39, 0.29) is 0 Å². The van der Waals surface area contributed by atoms with Gasteiger partial charge in [0.1, 0.15) is 0 Å². The van der Waals surface area contributed by atoms with Crippen molar-refractivity contribution in [2.45, 2.75) is 13.1 Å². The molecule has 0 saturated carbocycles. The number of nitrogens with zero attached hydrogens (tertiary/aromatic N) is 5. The summed E-state index contributed by atoms with van der Waals surface area (Å²) in [5.41, 5.74) is 12.8. The first-order valence-corrected chi connectivity index (χ1v) is 21.5. The molecule has 316 valence electrons. The monoisotopic (exact) mass is 869 g/mol. The zero-order valence-electron chi connectivity index (χ0n) is 35.8. The van der Waals surface area contributed by atoms with Crippen LogP contribution in [0.4, 0.5) is 24.5 Å². The molecule has 0 radical (unpaired) electrons. The van der Waals surface area contributed by atoms with E-state index in [1.165, 1.54) is 12.1 Å². The van der Waals surface area contributed by atoms with Crippen molar-refractivity contribution in [3.63, 3.8) is 0 Å². The number of hydrogen-bond acceptors (Lipinski definition) is 1. The summed E-state index contributed by atoms with van der Waals surface area (Å²) in [7, 11) is 0. The minimum atomic E-state index is -4.54. The molecule has 0 aliphatic carbocycles. The third-order valence-corrected chi connectivity index (χ3v) is 12.6. The van der Waals surface area contributed by atoms with Crippen LogP contribution in [0.15, 0.2) is 188 Å². The van der Waals surface area contributed by atoms with Gasteiger partial charge in [-0.25, -0.2) is 9.69 Å². The maximum atomic E-state index is 14.3. The van der Waals surface area contributed by atoms with Gasteiger partial charge < -0.3 is 9.13 Å². The first-order chi connectivity index (χ1) is 32.6. The van der Waals surface area contributed by atoms with E-state index in [0.29, 0.717) is 33.6 Å². The smallest absolute Gasteiger partial charge is 0.309 e. The topological polar surface area (TPSA) is 42.4 Å². The molecule has 0 atom stereocenters. The fraction of sp³-hybridized carbons (Fsp3) is 0.0339. The van der Waals surface area contributed by atoms with Gasteiger partial charge in [-0.05, 0) is 125 Å². The van der Waals surface area contributed by atoms with E-state index in [9.17, 15) is 18.4 Å². The Labute approximate surface area is 383 Å². The lowest BCUT2D eigenvalue weighted by atomic mass is 9.94. The molecule has 8 heteroatoms. The highest BCUT2D eigenvalue weighted by atomic mass is 19.4. The van der Waals surface area contributed by atoms with Crippen molar-refractivity contribution in [3.8, 4) is 62.0 Å². The number of nitriles is 1. The summed E-state index contributed by atoms with van der Waals surface area (Å²) in [4.78, 5) is 7.31. The molecule has 0 saturated heterocycles.